The van der Waals surface area contributed by atoms with Crippen LogP contribution in [0.2, 0.25) is 5.15 Å². The van der Waals surface area contributed by atoms with Gasteiger partial charge in [0.25, 0.3) is 5.91 Å². The lowest BCUT2D eigenvalue weighted by Gasteiger charge is -2.11. The summed E-state index contributed by atoms with van der Waals surface area (Å²) in [4.78, 5) is 15.6. The maximum Gasteiger partial charge on any atom is 0.251 e. The van der Waals surface area contributed by atoms with Crippen molar-refractivity contribution in [3.63, 3.8) is 0 Å². The summed E-state index contributed by atoms with van der Waals surface area (Å²) >= 11 is 5.75. The Kier molecular flexibility index (Phi) is 4.99. The first-order valence-corrected chi connectivity index (χ1v) is 6.86. The lowest BCUT2D eigenvalue weighted by Crippen LogP contribution is -2.28. The van der Waals surface area contributed by atoms with Crippen LogP contribution in [-0.4, -0.2) is 30.1 Å². The molecule has 19 heavy (non-hydrogen) atoms. The molecule has 104 valence electrons. The molecule has 6 heteroatoms. The Hall–Kier alpha value is -1.33. The van der Waals surface area contributed by atoms with E-state index in [0.717, 1.165) is 12.8 Å². The van der Waals surface area contributed by atoms with Crippen LogP contribution in [0.15, 0.2) is 12.1 Å². The monoisotopic (exact) mass is 283 g/mol. The Balaban J connectivity index is 1.74. The van der Waals surface area contributed by atoms with Crippen LogP contribution in [-0.2, 0) is 4.74 Å². The van der Waals surface area contributed by atoms with E-state index in [9.17, 15) is 4.79 Å². The Bertz CT molecular complexity index is 427. The van der Waals surface area contributed by atoms with Crippen LogP contribution in [0.3, 0.4) is 0 Å². The molecule has 0 spiro atoms. The number of anilines is 1. The highest BCUT2D eigenvalue weighted by molar-refractivity contribution is 6.29. The summed E-state index contributed by atoms with van der Waals surface area (Å²) in [6.45, 7) is 1.01. The van der Waals surface area contributed by atoms with Crippen molar-refractivity contribution in [2.45, 2.75) is 31.8 Å². The minimum Gasteiger partial charge on any atom is -0.384 e. The topological polar surface area (TPSA) is 77.2 Å². The van der Waals surface area contributed by atoms with Gasteiger partial charge in [0.05, 0.1) is 12.7 Å². The number of nitrogens with zero attached hydrogens (tertiary/aromatic N) is 1. The highest BCUT2D eigenvalue weighted by atomic mass is 35.5. The molecule has 0 aromatic carbocycles. The minimum atomic E-state index is -0.217. The lowest BCUT2D eigenvalue weighted by molar-refractivity contribution is 0.0582. The molecule has 3 N–H and O–H groups in total. The fourth-order valence-electron chi connectivity index (χ4n) is 2.20. The molecule has 1 aromatic heterocycles. The molecular formula is C13H18ClN3O2. The van der Waals surface area contributed by atoms with E-state index in [1.165, 1.54) is 25.0 Å². The molecule has 1 aliphatic rings. The normalized spacial score (nSPS) is 15.6. The first-order chi connectivity index (χ1) is 9.15. The largest absolute Gasteiger partial charge is 0.384 e. The molecular weight excluding hydrogens is 266 g/mol. The summed E-state index contributed by atoms with van der Waals surface area (Å²) in [5, 5.41) is 2.99. The fraction of sp³-hybridized carbons (Fsp3) is 0.538. The van der Waals surface area contributed by atoms with Crippen molar-refractivity contribution in [3.8, 4) is 0 Å². The van der Waals surface area contributed by atoms with Crippen molar-refractivity contribution in [1.29, 1.82) is 0 Å². The molecule has 0 aliphatic heterocycles. The second-order valence-corrected chi connectivity index (χ2v) is 5.02. The third-order valence-electron chi connectivity index (χ3n) is 3.12. The van der Waals surface area contributed by atoms with Crippen molar-refractivity contribution in [2.75, 3.05) is 18.9 Å². The number of nitrogen functional groups attached to an aromatic ring is 1. The van der Waals surface area contributed by atoms with Gasteiger partial charge in [0.2, 0.25) is 0 Å². The van der Waals surface area contributed by atoms with Gasteiger partial charge in [0.15, 0.2) is 0 Å². The van der Waals surface area contributed by atoms with Gasteiger partial charge >= 0.3 is 0 Å². The molecule has 1 aliphatic carbocycles. The zero-order chi connectivity index (χ0) is 13.7. The van der Waals surface area contributed by atoms with Crippen molar-refractivity contribution >= 4 is 23.3 Å². The number of hydrogen-bond acceptors (Lipinski definition) is 4. The van der Waals surface area contributed by atoms with E-state index in [1.807, 2.05) is 0 Å². The SMILES string of the molecule is Nc1cc(C(=O)NCCOC2CCCC2)cc(Cl)n1. The summed E-state index contributed by atoms with van der Waals surface area (Å²) in [5.74, 6) is 0.0193. The number of carbonyl (C=O) groups is 1. The smallest absolute Gasteiger partial charge is 0.251 e. The van der Waals surface area contributed by atoms with Gasteiger partial charge in [-0.25, -0.2) is 4.98 Å². The third kappa shape index (κ3) is 4.36. The average Bonchev–Trinajstić information content (AvgIpc) is 2.86. The molecule has 0 radical (unpaired) electrons. The molecule has 1 heterocycles. The van der Waals surface area contributed by atoms with Gasteiger partial charge in [0, 0.05) is 12.1 Å². The van der Waals surface area contributed by atoms with E-state index in [4.69, 9.17) is 22.1 Å². The zero-order valence-corrected chi connectivity index (χ0v) is 11.4. The van der Waals surface area contributed by atoms with Crippen molar-refractivity contribution in [1.82, 2.24) is 10.3 Å². The summed E-state index contributed by atoms with van der Waals surface area (Å²) in [6.07, 6.45) is 5.11. The number of pyridine rings is 1. The van der Waals surface area contributed by atoms with Gasteiger partial charge in [-0.1, -0.05) is 24.4 Å². The van der Waals surface area contributed by atoms with Gasteiger partial charge in [0.1, 0.15) is 11.0 Å². The number of rotatable bonds is 5. The predicted molar refractivity (Wildman–Crippen MR) is 74.2 cm³/mol. The number of amides is 1. The predicted octanol–water partition coefficient (Wildman–Crippen LogP) is 2.01. The number of nitrogens with two attached hydrogens (primary N) is 1. The third-order valence-corrected chi connectivity index (χ3v) is 3.31. The molecule has 2 rings (SSSR count). The molecule has 5 nitrogen and oxygen atoms in total. The molecule has 1 saturated carbocycles. The van der Waals surface area contributed by atoms with Crippen LogP contribution in [0.1, 0.15) is 36.0 Å². The average molecular weight is 284 g/mol. The van der Waals surface area contributed by atoms with E-state index in [1.54, 1.807) is 0 Å². The molecule has 0 unspecified atom stereocenters. The highest BCUT2D eigenvalue weighted by Gasteiger charge is 2.15. The number of ether oxygens (including phenoxy) is 1. The maximum atomic E-state index is 11.8. The van der Waals surface area contributed by atoms with Crippen LogP contribution in [0.5, 0.6) is 0 Å². The van der Waals surface area contributed by atoms with Crippen molar-refractivity contribution in [2.24, 2.45) is 0 Å². The van der Waals surface area contributed by atoms with Crippen LogP contribution >= 0.6 is 11.6 Å². The summed E-state index contributed by atoms with van der Waals surface area (Å²) in [5.41, 5.74) is 5.95. The maximum absolute atomic E-state index is 11.8. The van der Waals surface area contributed by atoms with Gasteiger partial charge in [-0.15, -0.1) is 0 Å². The highest BCUT2D eigenvalue weighted by Crippen LogP contribution is 2.20. The van der Waals surface area contributed by atoms with E-state index < -0.39 is 0 Å². The lowest BCUT2D eigenvalue weighted by atomic mass is 10.2. The quantitative estimate of drug-likeness (QED) is 0.640. The van der Waals surface area contributed by atoms with Crippen molar-refractivity contribution < 1.29 is 9.53 Å². The molecule has 0 atom stereocenters. The number of halogens is 1. The first kappa shape index (κ1) is 14.1. The summed E-state index contributed by atoms with van der Waals surface area (Å²) in [7, 11) is 0. The van der Waals surface area contributed by atoms with Crippen LogP contribution < -0.4 is 11.1 Å². The Morgan fingerprint density at radius 3 is 2.89 bits per heavy atom. The second kappa shape index (κ2) is 6.73. The van der Waals surface area contributed by atoms with Gasteiger partial charge in [-0.2, -0.15) is 0 Å². The second-order valence-electron chi connectivity index (χ2n) is 4.64. The number of aromatic nitrogens is 1. The fourth-order valence-corrected chi connectivity index (χ4v) is 2.41. The Labute approximate surface area is 117 Å². The summed E-state index contributed by atoms with van der Waals surface area (Å²) in [6, 6.07) is 2.99. The minimum absolute atomic E-state index is 0.215. The molecule has 0 saturated heterocycles. The summed E-state index contributed by atoms with van der Waals surface area (Å²) < 4.78 is 5.66. The van der Waals surface area contributed by atoms with Gasteiger partial charge < -0.3 is 15.8 Å². The first-order valence-electron chi connectivity index (χ1n) is 6.48. The van der Waals surface area contributed by atoms with E-state index >= 15 is 0 Å². The zero-order valence-electron chi connectivity index (χ0n) is 10.7. The van der Waals surface area contributed by atoms with Crippen LogP contribution in [0.25, 0.3) is 0 Å². The molecule has 1 fully saturated rings. The number of carbonyl (C=O) groups excluding carboxylic acids is 1. The van der Waals surface area contributed by atoms with Gasteiger partial charge in [-0.3, -0.25) is 4.79 Å². The molecule has 1 aromatic rings. The van der Waals surface area contributed by atoms with E-state index in [0.29, 0.717) is 24.8 Å². The Morgan fingerprint density at radius 1 is 1.47 bits per heavy atom. The van der Waals surface area contributed by atoms with E-state index in [2.05, 4.69) is 10.3 Å². The van der Waals surface area contributed by atoms with E-state index in [-0.39, 0.29) is 16.9 Å². The standard InChI is InChI=1S/C13H18ClN3O2/c14-11-7-9(8-12(15)17-11)13(18)16-5-6-19-10-3-1-2-4-10/h7-8,10H,1-6H2,(H2,15,17)(H,16,18). The van der Waals surface area contributed by atoms with Crippen LogP contribution in [0.4, 0.5) is 5.82 Å². The Morgan fingerprint density at radius 2 is 2.21 bits per heavy atom. The van der Waals surface area contributed by atoms with Crippen molar-refractivity contribution in [3.05, 3.63) is 22.8 Å². The number of nitrogens with one attached hydrogen (secondary N) is 1. The molecule has 0 bridgehead atoms. The molecule has 1 amide bonds. The van der Waals surface area contributed by atoms with Crippen LogP contribution in [0, 0.1) is 0 Å². The van der Waals surface area contributed by atoms with Gasteiger partial charge in [-0.05, 0) is 25.0 Å². The number of hydrogen-bond donors (Lipinski definition) is 2.